The molecule has 33 atom stereocenters. The molecule has 21 aliphatic heterocycles. The first-order valence-electron chi connectivity index (χ1n) is 29.5. The van der Waals surface area contributed by atoms with Crippen molar-refractivity contribution in [1.29, 1.82) is 0 Å². The van der Waals surface area contributed by atoms with Crippen LogP contribution in [0.3, 0.4) is 0 Å². The molecule has 8 fully saturated rings. The van der Waals surface area contributed by atoms with Gasteiger partial charge >= 0.3 is 0 Å². The quantitative estimate of drug-likeness (QED) is 0.0422. The van der Waals surface area contributed by atoms with Crippen LogP contribution in [-0.2, 0) is 96.0 Å². The summed E-state index contributed by atoms with van der Waals surface area (Å²) in [7, 11) is -8.93. The van der Waals surface area contributed by atoms with E-state index >= 15 is 0 Å². The lowest BCUT2D eigenvalue weighted by Crippen LogP contribution is -2.68. The molecule has 33 unspecified atom stereocenters. The van der Waals surface area contributed by atoms with Gasteiger partial charge in [0.2, 0.25) is 12.6 Å². The highest BCUT2D eigenvalue weighted by atomic mass is 32.2. The van der Waals surface area contributed by atoms with Gasteiger partial charge in [-0.3, -0.25) is 9.11 Å². The second-order valence-electron chi connectivity index (χ2n) is 23.1. The molecule has 542 valence electrons. The van der Waals surface area contributed by atoms with Gasteiger partial charge in [-0.05, 0) is 25.7 Å². The molecule has 21 N–H and O–H groups in total. The van der Waals surface area contributed by atoms with E-state index in [1.807, 2.05) is 0 Å². The van der Waals surface area contributed by atoms with Gasteiger partial charge in [0, 0.05) is 13.2 Å². The van der Waals surface area contributed by atoms with Crippen LogP contribution >= 0.6 is 0 Å². The summed E-state index contributed by atoms with van der Waals surface area (Å²) in [6.45, 7) is -8.25. The van der Waals surface area contributed by atoms with Crippen LogP contribution < -0.4 is 0 Å². The molecule has 8 saturated heterocycles. The molecule has 0 radical (unpaired) electrons. The summed E-state index contributed by atoms with van der Waals surface area (Å²) in [4.78, 5) is 0. The standard InChI is InChI=1S/C50H84O41S2/c51-9-16-36-23(57)29(63)45(78-16)86-38-18(11-53)80-47(31(65)25(38)59)88-40-20(13-55)82-49(33(67)27(40)61)90-42-22(15-76-5-1-3-7-92(70,71)72)84-50(43(35(42)69)77-6-2-4-8-93(73,74)75)91-41-21(14-56)83-48(34(68)28(41)62)89-39-19(12-54)81-46(32(66)26(39)60)87-37-17(10-52)79-44(85-36)30(64)24(37)58/h16-20,22-40,42-69H,1-15H2,(H,70,71,72)(H,73,74,75). The van der Waals surface area contributed by atoms with Gasteiger partial charge in [0.25, 0.3) is 20.2 Å². The van der Waals surface area contributed by atoms with E-state index in [0.717, 1.165) is 0 Å². The summed E-state index contributed by atoms with van der Waals surface area (Å²) in [6, 6.07) is 0. The van der Waals surface area contributed by atoms with Crippen LogP contribution in [0.25, 0.3) is 0 Å². The van der Waals surface area contributed by atoms with Crippen LogP contribution in [0.15, 0.2) is 11.5 Å². The molecule has 0 aromatic heterocycles. The third kappa shape index (κ3) is 17.9. The van der Waals surface area contributed by atoms with E-state index in [2.05, 4.69) is 0 Å². The molecule has 0 saturated carbocycles. The highest BCUT2D eigenvalue weighted by Crippen LogP contribution is 2.40. The Morgan fingerprint density at radius 1 is 0.333 bits per heavy atom. The van der Waals surface area contributed by atoms with Gasteiger partial charge < -0.3 is 173 Å². The second-order valence-corrected chi connectivity index (χ2v) is 26.2. The molecule has 0 aliphatic carbocycles. The molecular weight excluding hydrogens is 1320 g/mol. The first-order valence-corrected chi connectivity index (χ1v) is 32.7. The van der Waals surface area contributed by atoms with Gasteiger partial charge in [-0.15, -0.1) is 0 Å². The Morgan fingerprint density at radius 3 is 0.968 bits per heavy atom. The molecule has 0 spiro atoms. The largest absolute Gasteiger partial charge is 0.460 e. The lowest BCUT2D eigenvalue weighted by atomic mass is 9.95. The van der Waals surface area contributed by atoms with Crippen LogP contribution in [0.5, 0.6) is 0 Å². The monoisotopic (exact) mass is 1400 g/mol. The maximum Gasteiger partial charge on any atom is 0.264 e. The zero-order valence-electron chi connectivity index (χ0n) is 49.0. The number of rotatable bonds is 19. The van der Waals surface area contributed by atoms with Crippen molar-refractivity contribution in [2.45, 2.75) is 228 Å². The van der Waals surface area contributed by atoms with Gasteiger partial charge in [0.15, 0.2) is 43.0 Å². The van der Waals surface area contributed by atoms with Gasteiger partial charge in [0.1, 0.15) is 165 Å². The fourth-order valence-electron chi connectivity index (χ4n) is 11.6. The van der Waals surface area contributed by atoms with E-state index in [1.165, 1.54) is 0 Å². The zero-order chi connectivity index (χ0) is 68.1. The van der Waals surface area contributed by atoms with Crippen molar-refractivity contribution in [3.05, 3.63) is 11.5 Å². The summed E-state index contributed by atoms with van der Waals surface area (Å²) in [5.41, 5.74) is 0. The molecule has 14 bridgehead atoms. The minimum atomic E-state index is -4.51. The van der Waals surface area contributed by atoms with Crippen molar-refractivity contribution in [2.75, 3.05) is 71.0 Å². The molecule has 0 amide bonds. The van der Waals surface area contributed by atoms with Gasteiger partial charge in [-0.1, -0.05) is 0 Å². The first-order chi connectivity index (χ1) is 44.0. The third-order valence-corrected chi connectivity index (χ3v) is 18.2. The van der Waals surface area contributed by atoms with E-state index in [4.69, 9.17) is 75.8 Å². The SMILES string of the molecule is O=S(=O)(O)CCCCOCC1OC2OC3=C(CO)OC(OC4C(CO)OC(OC5C(CO)OC(OC6C(CO)OC(OC7C(CO)OC(OC8C(CO)OC(OC1C(O)C2OCCCCS(=O)(=O)O)C(O)C8O)C(O)C7O)C(O)C6O)C(O)C5O)C(O)C4O)C(O)C3O. The zero-order valence-corrected chi connectivity index (χ0v) is 50.7. The molecule has 21 aliphatic rings. The van der Waals surface area contributed by atoms with E-state index < -0.39 is 299 Å². The van der Waals surface area contributed by atoms with Gasteiger partial charge in [-0.2, -0.15) is 16.8 Å². The number of aliphatic hydroxyl groups excluding tert-OH is 19. The number of hydrogen-bond donors (Lipinski definition) is 21. The molecule has 21 rings (SSSR count). The highest BCUT2D eigenvalue weighted by molar-refractivity contribution is 7.86. The number of aliphatic hydroxyl groups is 19. The van der Waals surface area contributed by atoms with E-state index in [1.54, 1.807) is 0 Å². The Morgan fingerprint density at radius 2 is 0.645 bits per heavy atom. The maximum atomic E-state index is 12.3. The summed E-state index contributed by atoms with van der Waals surface area (Å²) in [5, 5.41) is 214. The maximum absolute atomic E-state index is 12.3. The van der Waals surface area contributed by atoms with E-state index in [0.29, 0.717) is 0 Å². The highest BCUT2D eigenvalue weighted by Gasteiger charge is 2.59. The molecule has 0 aromatic rings. The minimum absolute atomic E-state index is 0.0388. The van der Waals surface area contributed by atoms with E-state index in [9.17, 15) is 123 Å². The van der Waals surface area contributed by atoms with Crippen LogP contribution in [0.1, 0.15) is 25.7 Å². The van der Waals surface area contributed by atoms with Crippen molar-refractivity contribution in [3.63, 3.8) is 0 Å². The normalized spacial score (nSPS) is 46.5. The summed E-state index contributed by atoms with van der Waals surface area (Å²) >= 11 is 0. The first kappa shape index (κ1) is 76.6. The summed E-state index contributed by atoms with van der Waals surface area (Å²) < 4.78 is 158. The number of hydrogen-bond acceptors (Lipinski definition) is 39. The Bertz CT molecular complexity index is 2570. The van der Waals surface area contributed by atoms with Crippen molar-refractivity contribution >= 4 is 20.2 Å². The average molecular weight is 1410 g/mol. The summed E-state index contributed by atoms with van der Waals surface area (Å²) in [6.07, 6.45) is -69.3. The molecule has 43 heteroatoms. The molecule has 0 aromatic carbocycles. The average Bonchev–Trinajstić information content (AvgIpc) is 0.796. The fraction of sp³-hybridized carbons (Fsp3) is 0.960. The van der Waals surface area contributed by atoms with Gasteiger partial charge in [0.05, 0.1) is 51.1 Å². The van der Waals surface area contributed by atoms with Crippen LogP contribution in [-0.4, -0.2) is 397 Å². The molecule has 93 heavy (non-hydrogen) atoms. The molecule has 21 heterocycles. The van der Waals surface area contributed by atoms with Crippen LogP contribution in [0, 0.1) is 0 Å². The fourth-order valence-corrected chi connectivity index (χ4v) is 12.7. The number of unbranched alkanes of at least 4 members (excludes halogenated alkanes) is 2. The van der Waals surface area contributed by atoms with Crippen LogP contribution in [0.4, 0.5) is 0 Å². The Hall–Kier alpha value is -2.16. The van der Waals surface area contributed by atoms with E-state index in [-0.39, 0.29) is 32.3 Å². The Balaban J connectivity index is 1.14. The molecule has 41 nitrogen and oxygen atoms in total. The lowest BCUT2D eigenvalue weighted by Gasteiger charge is -2.50. The van der Waals surface area contributed by atoms with Gasteiger partial charge in [-0.25, -0.2) is 0 Å². The lowest BCUT2D eigenvalue weighted by molar-refractivity contribution is -0.396. The van der Waals surface area contributed by atoms with Crippen molar-refractivity contribution in [3.8, 4) is 0 Å². The Kier molecular flexibility index (Phi) is 27.5. The van der Waals surface area contributed by atoms with Crippen molar-refractivity contribution in [1.82, 2.24) is 0 Å². The second kappa shape index (κ2) is 33.3. The smallest absolute Gasteiger partial charge is 0.264 e. The van der Waals surface area contributed by atoms with Crippen LogP contribution in [0.2, 0.25) is 0 Å². The summed E-state index contributed by atoms with van der Waals surface area (Å²) in [5.74, 6) is -3.12. The third-order valence-electron chi connectivity index (χ3n) is 16.6. The minimum Gasteiger partial charge on any atom is -0.460 e. The van der Waals surface area contributed by atoms with Crippen molar-refractivity contribution in [2.24, 2.45) is 0 Å². The predicted octanol–water partition coefficient (Wildman–Crippen LogP) is -13.4. The molecular formula is C50H84O41S2. The topological polar surface area (TPSA) is 641 Å². The number of ether oxygens (including phenoxy) is 16. The Labute approximate surface area is 528 Å². The predicted molar refractivity (Wildman–Crippen MR) is 287 cm³/mol. The van der Waals surface area contributed by atoms with Crippen molar-refractivity contribution < 1.29 is 199 Å².